The molecule has 14 heteroatoms. The van der Waals surface area contributed by atoms with Crippen LogP contribution < -0.4 is 0 Å². The molecule has 0 bridgehead atoms. The molecule has 0 aromatic carbocycles. The van der Waals surface area contributed by atoms with Crippen molar-refractivity contribution in [1.29, 1.82) is 0 Å². The monoisotopic (exact) mass is 1520 g/mol. The van der Waals surface area contributed by atoms with Gasteiger partial charge in [-0.15, -0.1) is 0 Å². The fourth-order valence-electron chi connectivity index (χ4n) is 13.0. The molecule has 0 N–H and O–H groups in total. The topological polar surface area (TPSA) is 113 Å². The molecule has 0 unspecified atom stereocenters. The zero-order chi connectivity index (χ0) is 85.7. The molecule has 0 aliphatic rings. The van der Waals surface area contributed by atoms with Crippen molar-refractivity contribution in [2.45, 2.75) is 277 Å². The van der Waals surface area contributed by atoms with Crippen LogP contribution >= 0.6 is 0 Å². The Hall–Kier alpha value is -10.3. The highest BCUT2D eigenvalue weighted by Crippen LogP contribution is 2.24. The quantitative estimate of drug-likeness (QED) is 0.149. The highest BCUT2D eigenvalue weighted by atomic mass is 15.2. The Morgan fingerprint density at radius 2 is 0.705 bits per heavy atom. The Morgan fingerprint density at radius 1 is 0.268 bits per heavy atom. The van der Waals surface area contributed by atoms with E-state index in [0.717, 1.165) is 17.2 Å². The first-order valence-electron chi connectivity index (χ1n) is 41.1. The van der Waals surface area contributed by atoms with E-state index >= 15 is 0 Å². The van der Waals surface area contributed by atoms with E-state index in [2.05, 4.69) is 299 Å². The van der Waals surface area contributed by atoms with Crippen molar-refractivity contribution in [2.24, 2.45) is 0 Å². The summed E-state index contributed by atoms with van der Waals surface area (Å²) in [5.41, 5.74) is 39.9. The van der Waals surface area contributed by atoms with Crippen LogP contribution in [0.3, 0.4) is 0 Å². The third kappa shape index (κ3) is 24.8. The van der Waals surface area contributed by atoms with Crippen LogP contribution in [0.1, 0.15) is 246 Å². The lowest BCUT2D eigenvalue weighted by molar-refractivity contribution is 0.930. The van der Waals surface area contributed by atoms with E-state index in [1.165, 1.54) is 162 Å². The van der Waals surface area contributed by atoms with Crippen LogP contribution in [0.5, 0.6) is 0 Å². The van der Waals surface area contributed by atoms with Crippen LogP contribution in [-0.4, -0.2) is 65.3 Å². The Morgan fingerprint density at radius 3 is 1.21 bits per heavy atom. The third-order valence-corrected chi connectivity index (χ3v) is 19.2. The lowest BCUT2D eigenvalue weighted by Gasteiger charge is -2.02. The molecule has 0 aliphatic carbocycles. The summed E-state index contributed by atoms with van der Waals surface area (Å²) in [7, 11) is 0. The van der Waals surface area contributed by atoms with E-state index in [-0.39, 0.29) is 0 Å². The molecule has 0 saturated carbocycles. The van der Waals surface area contributed by atoms with Crippen molar-refractivity contribution >= 4 is 44.3 Å². The summed E-state index contributed by atoms with van der Waals surface area (Å²) >= 11 is 0. The van der Waals surface area contributed by atoms with Crippen molar-refractivity contribution in [3.8, 4) is 0 Å². The molecule has 16 rings (SSSR count). The maximum absolute atomic E-state index is 4.29. The van der Waals surface area contributed by atoms with Gasteiger partial charge in [-0.2, -0.15) is 5.10 Å². The molecule has 0 aliphatic heterocycles. The zero-order valence-corrected chi connectivity index (χ0v) is 77.3. The van der Waals surface area contributed by atoms with Crippen molar-refractivity contribution < 1.29 is 0 Å². The molecule has 14 nitrogen and oxygen atoms in total. The van der Waals surface area contributed by atoms with Gasteiger partial charge in [0.25, 0.3) is 0 Å². The molecule has 0 fully saturated rings. The van der Waals surface area contributed by atoms with Crippen LogP contribution in [0.15, 0.2) is 160 Å². The smallest absolute Gasteiger partial charge is 0.137 e. The van der Waals surface area contributed by atoms with Gasteiger partial charge in [-0.05, 0) is 310 Å². The van der Waals surface area contributed by atoms with Crippen LogP contribution in [-0.2, 0) is 0 Å². The third-order valence-electron chi connectivity index (χ3n) is 19.2. The van der Waals surface area contributed by atoms with E-state index in [4.69, 9.17) is 0 Å². The fraction of sp³-hybridized carbons (Fsp3) is 0.408. The lowest BCUT2D eigenvalue weighted by Crippen LogP contribution is -1.95. The summed E-state index contributed by atoms with van der Waals surface area (Å²) in [6, 6.07) is 25.4. The SMILES string of the molecule is CC.CC.CC.CC.CC.CC.CC.CC.Cc1cc2cccc(C)n2c1C.Cc1cc2ccnc(C)n2c1C.Cc1cc2cncc(C)n2c1C.Cc1cc2nccc(C)n2c1C.Cc1cn2cccc(C)c2c1C.Cc1cn2ccnc(C)c2c1C.Cc1cn2cncc(C)c2c1C.Cc1cn2nccc(C)c2c1C. The van der Waals surface area contributed by atoms with E-state index < -0.39 is 0 Å². The zero-order valence-electron chi connectivity index (χ0n) is 77.3. The van der Waals surface area contributed by atoms with E-state index in [9.17, 15) is 0 Å². The molecule has 0 saturated heterocycles. The van der Waals surface area contributed by atoms with Crippen LogP contribution in [0, 0.1) is 166 Å². The Bertz CT molecular complexity index is 4420. The first kappa shape index (κ1) is 99.7. The number of aryl methyl sites for hydroxylation is 24. The van der Waals surface area contributed by atoms with Gasteiger partial charge in [-0.1, -0.05) is 123 Å². The van der Waals surface area contributed by atoms with E-state index in [1.807, 2.05) is 203 Å². The standard InChI is InChI=1S/2C11H13N.6C10H12N2.8C2H6/c1-8-7-11-6-4-5-9(2)12(11)10(8)3;1-8-5-4-6-12-7-9(2)10(3)11(8)12;1-7-4-11-6-12-5-8(2)9(3)10(7)12;1-7-4-10-6-11-5-8(2)12(10)9(7)3;1-7-6-12-5-4-11-9(3)10(12)8(7)2;1-7-6-10-4-5-11-9(3)12(10)8(7)2;1-7-6-10-11-5-4-8(2)12(10)9(7)3;1-7-4-5-11-12-6-8(2)9(3)10(7)12;8*1-2/h2*4-7H,1-3H3;6*4-6H,1-3H3;8*1-2H3. The van der Waals surface area contributed by atoms with Crippen molar-refractivity contribution in [3.05, 3.63) is 295 Å². The summed E-state index contributed by atoms with van der Waals surface area (Å²) in [4.78, 5) is 21.1. The minimum absolute atomic E-state index is 1.05. The molecular weight excluding hydrogens is 1370 g/mol. The fourth-order valence-corrected chi connectivity index (χ4v) is 13.0. The number of aromatic nitrogens is 14. The predicted molar refractivity (Wildman–Crippen MR) is 490 cm³/mol. The number of hydrogen-bond acceptors (Lipinski definition) is 6. The second-order valence-corrected chi connectivity index (χ2v) is 26.0. The van der Waals surface area contributed by atoms with Crippen LogP contribution in [0.4, 0.5) is 0 Å². The molecule has 0 radical (unpaired) electrons. The van der Waals surface area contributed by atoms with Gasteiger partial charge in [-0.25, -0.2) is 19.5 Å². The first-order valence-corrected chi connectivity index (χ1v) is 41.1. The van der Waals surface area contributed by atoms with Gasteiger partial charge in [0.15, 0.2) is 0 Å². The Labute approximate surface area is 677 Å². The van der Waals surface area contributed by atoms with Gasteiger partial charge in [0.2, 0.25) is 0 Å². The average Bonchev–Trinajstić information content (AvgIpc) is 1.73. The lowest BCUT2D eigenvalue weighted by atomic mass is 10.1. The van der Waals surface area contributed by atoms with E-state index in [0.29, 0.717) is 0 Å². The number of fused-ring (bicyclic) bond motifs is 8. The normalized spacial score (nSPS) is 9.79. The van der Waals surface area contributed by atoms with Crippen molar-refractivity contribution in [3.63, 3.8) is 0 Å². The molecule has 0 spiro atoms. The second-order valence-electron chi connectivity index (χ2n) is 26.0. The predicted octanol–water partition coefficient (Wildman–Crippen LogP) is 27.5. The van der Waals surface area contributed by atoms with Crippen molar-refractivity contribution in [2.75, 3.05) is 0 Å². The molecular formula is C98H146N14. The molecule has 0 atom stereocenters. The van der Waals surface area contributed by atoms with Crippen LogP contribution in [0.25, 0.3) is 44.3 Å². The average molecular weight is 1520 g/mol. The Kier molecular flexibility index (Phi) is 44.3. The minimum Gasteiger partial charge on any atom is -0.323 e. The minimum atomic E-state index is 1.05. The maximum atomic E-state index is 4.29. The van der Waals surface area contributed by atoms with E-state index in [1.54, 1.807) is 0 Å². The maximum Gasteiger partial charge on any atom is 0.137 e. The van der Waals surface area contributed by atoms with Gasteiger partial charge < -0.3 is 30.8 Å². The van der Waals surface area contributed by atoms with Gasteiger partial charge in [0.05, 0.1) is 45.8 Å². The summed E-state index contributed by atoms with van der Waals surface area (Å²) < 4.78 is 17.2. The Balaban J connectivity index is 0.000000623. The van der Waals surface area contributed by atoms with Gasteiger partial charge in [0.1, 0.15) is 11.5 Å². The number of nitrogens with zero attached hydrogens (tertiary/aromatic N) is 14. The number of hydrogen-bond donors (Lipinski definition) is 0. The van der Waals surface area contributed by atoms with Gasteiger partial charge >= 0.3 is 0 Å². The summed E-state index contributed by atoms with van der Waals surface area (Å²) in [5, 5.41) is 4.24. The molecule has 16 aromatic rings. The number of pyridine rings is 2. The summed E-state index contributed by atoms with van der Waals surface area (Å²) in [6.07, 6.45) is 27.5. The van der Waals surface area contributed by atoms with Crippen LogP contribution in [0.2, 0.25) is 0 Å². The molecule has 112 heavy (non-hydrogen) atoms. The second kappa shape index (κ2) is 49.8. The summed E-state index contributed by atoms with van der Waals surface area (Å²) in [5.74, 6) is 1.05. The molecule has 608 valence electrons. The van der Waals surface area contributed by atoms with Gasteiger partial charge in [0, 0.05) is 125 Å². The summed E-state index contributed by atoms with van der Waals surface area (Å²) in [6.45, 7) is 82.9. The van der Waals surface area contributed by atoms with Gasteiger partial charge in [-0.3, -0.25) is 9.97 Å². The first-order chi connectivity index (χ1) is 53.6. The molecule has 16 aromatic heterocycles. The highest BCUT2D eigenvalue weighted by molar-refractivity contribution is 5.65. The highest BCUT2D eigenvalue weighted by Gasteiger charge is 2.11. The largest absolute Gasteiger partial charge is 0.323 e. The number of rotatable bonds is 0. The molecule has 0 amide bonds. The molecule has 16 heterocycles. The van der Waals surface area contributed by atoms with Crippen molar-refractivity contribution in [1.82, 2.24) is 65.3 Å².